The second-order valence-corrected chi connectivity index (χ2v) is 26.5. The molecule has 1 saturated heterocycles. The van der Waals surface area contributed by atoms with Gasteiger partial charge in [0.1, 0.15) is 29.9 Å². The molecule has 72 heavy (non-hydrogen) atoms. The van der Waals surface area contributed by atoms with E-state index in [1.807, 2.05) is 19.9 Å². The molecule has 1 aromatic rings. The first-order valence-electron chi connectivity index (χ1n) is 24.6. The molecule has 21 nitrogen and oxygen atoms in total. The molecule has 2 heterocycles. The molecule has 0 unspecified atom stereocenters. The molecular weight excluding hydrogens is 969 g/mol. The number of benzene rings is 1. The summed E-state index contributed by atoms with van der Waals surface area (Å²) in [7, 11) is -0.796. The van der Waals surface area contributed by atoms with Crippen LogP contribution in [0.25, 0.3) is 5.57 Å². The second kappa shape index (κ2) is 25.5. The Balaban J connectivity index is 1.79. The van der Waals surface area contributed by atoms with E-state index in [1.54, 1.807) is 26.0 Å². The third-order valence-corrected chi connectivity index (χ3v) is 20.1. The minimum Gasteiger partial charge on any atom is -0.497 e. The maximum Gasteiger partial charge on any atom is 0.326 e. The number of hydrogen-bond acceptors (Lipinski definition) is 14. The second-order valence-electron chi connectivity index (χ2n) is 20.6. The zero-order chi connectivity index (χ0) is 54.0. The number of nitrogens with one attached hydrogen (secondary N) is 5. The van der Waals surface area contributed by atoms with Crippen LogP contribution >= 0.6 is 11.8 Å². The number of rotatable bonds is 16. The van der Waals surface area contributed by atoms with Crippen molar-refractivity contribution in [2.24, 2.45) is 23.3 Å². The monoisotopic (exact) mass is 1040 g/mol. The molecule has 23 heteroatoms. The average molecular weight is 1050 g/mol. The Morgan fingerprint density at radius 3 is 2.29 bits per heavy atom. The molecule has 0 saturated carbocycles. The first-order chi connectivity index (χ1) is 33.6. The van der Waals surface area contributed by atoms with Gasteiger partial charge in [-0.3, -0.25) is 38.4 Å². The van der Waals surface area contributed by atoms with Crippen molar-refractivity contribution in [3.8, 4) is 5.75 Å². The standard InChI is InChI=1S/C49H76N8O13SSi/c1-11-25(3)43-46(65)52-22-41(62)53-34(44(63)55-33(21-39(50)60)47(66)57-23-28(58)19-35(57)48(67)68)24-71-38-18-27-17-29(69-8)13-14-30(27)31(38)20-32(36(59)15-16-40(61)56-43)54-45(64)42(51)26(4)37(12-2)70-72(9,10)49(5,6)7/h13-14,17,25-26,28,32-35,37,42-43,58H,11-12,15-16,18-24,51H2,1-10H3,(H2,50,60)(H,52,65)(H,53,62)(H,54,64)(H,55,63)(H,56,61)(H,67,68)/t25-,26-,28+,32+,33+,34+,35-,37-,42-,43-/m0/s1. The zero-order valence-corrected chi connectivity index (χ0v) is 45.0. The van der Waals surface area contributed by atoms with Crippen LogP contribution in [0.15, 0.2) is 23.1 Å². The number of primary amides is 1. The van der Waals surface area contributed by atoms with Crippen molar-refractivity contribution in [1.29, 1.82) is 0 Å². The third-order valence-electron chi connectivity index (χ3n) is 14.3. The number of ketones is 1. The minimum absolute atomic E-state index is 0.0879. The first kappa shape index (κ1) is 59.2. The number of likely N-dealkylation sites (tertiary alicyclic amines) is 1. The quantitative estimate of drug-likeness (QED) is 0.105. The number of methoxy groups -OCH3 is 1. The largest absolute Gasteiger partial charge is 0.497 e. The summed E-state index contributed by atoms with van der Waals surface area (Å²) in [6.45, 7) is 16.9. The summed E-state index contributed by atoms with van der Waals surface area (Å²) in [6, 6.07) is -2.77. The summed E-state index contributed by atoms with van der Waals surface area (Å²) >= 11 is 1.13. The maximum absolute atomic E-state index is 14.5. The lowest BCUT2D eigenvalue weighted by Crippen LogP contribution is -2.58. The number of carboxylic acid groups (broad SMARTS) is 1. The van der Waals surface area contributed by atoms with Crippen molar-refractivity contribution in [2.75, 3.05) is 26.0 Å². The molecular formula is C49H76N8O13SSi. The number of aliphatic carboxylic acids is 1. The predicted molar refractivity (Wildman–Crippen MR) is 272 cm³/mol. The van der Waals surface area contributed by atoms with Crippen LogP contribution in [0.4, 0.5) is 0 Å². The molecule has 0 radical (unpaired) electrons. The number of thioether (sulfide) groups is 1. The topological polar surface area (TPSA) is 328 Å². The SMILES string of the molecule is CC[C@H](O[Si](C)(C)C(C)(C)C)[C@H](C)[C@H](N)C(=O)N[C@@H]1CC2=C(Cc3cc(OC)ccc32)SC[C@H](C(=O)N[C@H](CC(N)=O)C(=O)N2C[C@H](O)C[C@H]2C(=O)O)NC(=O)CNC(=O)[C@H]([C@@H](C)CC)NC(=O)CCC1=O. The van der Waals surface area contributed by atoms with E-state index in [-0.39, 0.29) is 49.0 Å². The zero-order valence-electron chi connectivity index (χ0n) is 43.2. The van der Waals surface area contributed by atoms with Gasteiger partial charge in [-0.25, -0.2) is 4.79 Å². The number of nitrogens with zero attached hydrogens (tertiary/aromatic N) is 1. The summed E-state index contributed by atoms with van der Waals surface area (Å²) in [4.78, 5) is 124. The Hall–Kier alpha value is -5.36. The number of carbonyl (C=O) groups is 9. The number of carbonyl (C=O) groups excluding carboxylic acids is 8. The van der Waals surface area contributed by atoms with Crippen LogP contribution in [0.2, 0.25) is 18.1 Å². The smallest absolute Gasteiger partial charge is 0.326 e. The molecule has 0 spiro atoms. The van der Waals surface area contributed by atoms with E-state index in [2.05, 4.69) is 60.4 Å². The van der Waals surface area contributed by atoms with Gasteiger partial charge in [-0.1, -0.05) is 61.0 Å². The Morgan fingerprint density at radius 2 is 1.69 bits per heavy atom. The van der Waals surface area contributed by atoms with E-state index in [0.29, 0.717) is 34.6 Å². The summed E-state index contributed by atoms with van der Waals surface area (Å²) in [5.74, 6) is -8.27. The van der Waals surface area contributed by atoms with Gasteiger partial charge in [0.25, 0.3) is 0 Å². The fourth-order valence-corrected chi connectivity index (χ4v) is 11.4. The fourth-order valence-electron chi connectivity index (χ4n) is 8.65. The molecule has 0 aromatic heterocycles. The number of ether oxygens (including phenoxy) is 1. The van der Waals surface area contributed by atoms with E-state index in [0.717, 1.165) is 22.2 Å². The lowest BCUT2D eigenvalue weighted by molar-refractivity contribution is -0.149. The Kier molecular flexibility index (Phi) is 21.0. The number of fused-ring (bicyclic) bond motifs is 2. The van der Waals surface area contributed by atoms with Gasteiger partial charge < -0.3 is 62.3 Å². The van der Waals surface area contributed by atoms with Gasteiger partial charge in [-0.05, 0) is 64.2 Å². The number of amides is 7. The highest BCUT2D eigenvalue weighted by atomic mass is 32.2. The van der Waals surface area contributed by atoms with Gasteiger partial charge in [0.05, 0.1) is 38.3 Å². The van der Waals surface area contributed by atoms with Crippen molar-refractivity contribution >= 4 is 78.8 Å². The Morgan fingerprint density at radius 1 is 1.01 bits per heavy atom. The normalized spacial score (nSPS) is 23.9. The molecule has 1 fully saturated rings. The number of aliphatic hydroxyl groups excluding tert-OH is 1. The molecule has 7 amide bonds. The number of carboxylic acids is 1. The molecule has 0 bridgehead atoms. The third kappa shape index (κ3) is 15.3. The Bertz CT molecular complexity index is 2260. The van der Waals surface area contributed by atoms with Gasteiger partial charge in [0.15, 0.2) is 14.1 Å². The van der Waals surface area contributed by atoms with E-state index < -0.39 is 135 Å². The van der Waals surface area contributed by atoms with Crippen LogP contribution in [0, 0.1) is 11.8 Å². The number of nitrogens with two attached hydrogens (primary N) is 2. The highest BCUT2D eigenvalue weighted by Crippen LogP contribution is 2.43. The highest BCUT2D eigenvalue weighted by molar-refractivity contribution is 8.03. The van der Waals surface area contributed by atoms with Crippen molar-refractivity contribution in [3.63, 3.8) is 0 Å². The molecule has 400 valence electrons. The van der Waals surface area contributed by atoms with Gasteiger partial charge in [0, 0.05) is 56.4 Å². The lowest BCUT2D eigenvalue weighted by Gasteiger charge is -2.41. The van der Waals surface area contributed by atoms with Crippen LogP contribution in [0.3, 0.4) is 0 Å². The Labute approximate surface area is 427 Å². The van der Waals surface area contributed by atoms with Crippen molar-refractivity contribution in [1.82, 2.24) is 31.5 Å². The van der Waals surface area contributed by atoms with E-state index >= 15 is 0 Å². The number of aliphatic hydroxyl groups is 1. The van der Waals surface area contributed by atoms with Crippen molar-refractivity contribution in [3.05, 3.63) is 34.2 Å². The van der Waals surface area contributed by atoms with Crippen LogP contribution < -0.4 is 42.8 Å². The number of Topliss-reactive ketones (excluding diaryl/α,β-unsaturated/α-hetero) is 1. The summed E-state index contributed by atoms with van der Waals surface area (Å²) in [6.07, 6.45) is -2.08. The molecule has 10 atom stereocenters. The summed E-state index contributed by atoms with van der Waals surface area (Å²) < 4.78 is 12.3. The highest BCUT2D eigenvalue weighted by Gasteiger charge is 2.44. The predicted octanol–water partition coefficient (Wildman–Crippen LogP) is 1.24. The van der Waals surface area contributed by atoms with E-state index in [9.17, 15) is 53.4 Å². The van der Waals surface area contributed by atoms with Gasteiger partial charge >= 0.3 is 5.97 Å². The molecule has 4 rings (SSSR count). The number of β-amino-alcohol motifs (C(OH)–C–C–N with tert-alkyl or cyclic N) is 1. The summed E-state index contributed by atoms with van der Waals surface area (Å²) in [5, 5.41) is 33.1. The molecule has 2 aliphatic heterocycles. The lowest BCUT2D eigenvalue weighted by atomic mass is 9.92. The summed E-state index contributed by atoms with van der Waals surface area (Å²) in [5.41, 5.74) is 14.3. The molecule has 1 aromatic carbocycles. The van der Waals surface area contributed by atoms with Crippen molar-refractivity contribution in [2.45, 2.75) is 166 Å². The fraction of sp³-hybridized carbons (Fsp3) is 0.653. The van der Waals surface area contributed by atoms with Crippen LogP contribution in [0.1, 0.15) is 105 Å². The maximum atomic E-state index is 14.5. The van der Waals surface area contributed by atoms with Crippen LogP contribution in [-0.4, -0.2) is 151 Å². The van der Waals surface area contributed by atoms with Crippen LogP contribution in [0.5, 0.6) is 5.75 Å². The first-order valence-corrected chi connectivity index (χ1v) is 28.5. The van der Waals surface area contributed by atoms with Crippen molar-refractivity contribution < 1.29 is 62.5 Å². The van der Waals surface area contributed by atoms with E-state index in [1.165, 1.54) is 7.11 Å². The number of hydrogen-bond donors (Lipinski definition) is 9. The van der Waals surface area contributed by atoms with Crippen LogP contribution in [-0.2, 0) is 54.0 Å². The molecule has 1 aliphatic carbocycles. The average Bonchev–Trinajstić information content (AvgIpc) is 3.88. The molecule has 3 aliphatic rings. The van der Waals surface area contributed by atoms with E-state index in [4.69, 9.17) is 20.6 Å². The van der Waals surface area contributed by atoms with Gasteiger partial charge in [0.2, 0.25) is 41.4 Å². The van der Waals surface area contributed by atoms with Gasteiger partial charge in [-0.15, -0.1) is 11.8 Å². The minimum atomic E-state index is -2.30. The van der Waals surface area contributed by atoms with Gasteiger partial charge in [-0.2, -0.15) is 0 Å². The molecule has 11 N–H and O–H groups in total. The number of allylic oxidation sites excluding steroid dienone is 1.